The normalized spacial score (nSPS) is 48.7. The zero-order valence-electron chi connectivity index (χ0n) is 28.2. The van der Waals surface area contributed by atoms with Crippen molar-refractivity contribution in [1.82, 2.24) is 0 Å². The van der Waals surface area contributed by atoms with Crippen LogP contribution in [0.1, 0.15) is 93.4 Å². The fraction of sp³-hybridized carbons (Fsp3) is 0.861. The minimum absolute atomic E-state index is 0.0550. The number of allylic oxidation sites excluding steroid dienone is 1. The first-order valence-electron chi connectivity index (χ1n) is 17.1. The van der Waals surface area contributed by atoms with Crippen molar-refractivity contribution in [3.63, 3.8) is 0 Å². The fourth-order valence-electron chi connectivity index (χ4n) is 10.7. The van der Waals surface area contributed by atoms with Gasteiger partial charge in [-0.2, -0.15) is 0 Å². The second-order valence-corrected chi connectivity index (χ2v) is 16.7. The average Bonchev–Trinajstić information content (AvgIpc) is 3.25. The number of fused-ring (bicyclic) bond motifs is 5. The Morgan fingerprint density at radius 1 is 1.00 bits per heavy atom. The lowest BCUT2D eigenvalue weighted by atomic mass is 9.38. The molecule has 4 fully saturated rings. The quantitative estimate of drug-likeness (QED) is 0.174. The minimum Gasteiger partial charge on any atom is -0.394 e. The molecule has 0 aromatic rings. The molecule has 5 rings (SSSR count). The van der Waals surface area contributed by atoms with Crippen molar-refractivity contribution in [3.05, 3.63) is 23.8 Å². The SMILES string of the molecule is CC(C/C=C/C(C)(C)O)C1CCC2(C)C3C(OC4OC(CO)C(O)C(O)C4O)C=C4C(CCC(O)C4(C)C)C3(C=O)CCC12C. The van der Waals surface area contributed by atoms with Crippen molar-refractivity contribution >= 4 is 6.29 Å². The Labute approximate surface area is 268 Å². The van der Waals surface area contributed by atoms with Gasteiger partial charge in [0.05, 0.1) is 24.4 Å². The van der Waals surface area contributed by atoms with Gasteiger partial charge in [-0.15, -0.1) is 0 Å². The molecule has 1 aliphatic heterocycles. The topological polar surface area (TPSA) is 157 Å². The van der Waals surface area contributed by atoms with E-state index < -0.39 is 66.0 Å². The maximum absolute atomic E-state index is 13.7. The van der Waals surface area contributed by atoms with Crippen molar-refractivity contribution in [1.29, 1.82) is 0 Å². The second kappa shape index (κ2) is 12.1. The third-order valence-electron chi connectivity index (χ3n) is 13.5. The number of rotatable bonds is 8. The van der Waals surface area contributed by atoms with E-state index in [4.69, 9.17) is 9.47 Å². The molecule has 5 aliphatic rings. The van der Waals surface area contributed by atoms with Gasteiger partial charge in [0.15, 0.2) is 6.29 Å². The summed E-state index contributed by atoms with van der Waals surface area (Å²) in [4.78, 5) is 13.7. The molecule has 9 nitrogen and oxygen atoms in total. The number of hydrogen-bond acceptors (Lipinski definition) is 9. The molecule has 1 heterocycles. The van der Waals surface area contributed by atoms with Crippen molar-refractivity contribution < 1.29 is 44.9 Å². The number of aliphatic hydroxyl groups is 6. The zero-order valence-corrected chi connectivity index (χ0v) is 28.2. The molecule has 0 spiro atoms. The number of carbonyl (C=O) groups is 1. The van der Waals surface area contributed by atoms with Crippen LogP contribution in [0.5, 0.6) is 0 Å². The molecular weight excluding hydrogens is 576 g/mol. The molecule has 14 unspecified atom stereocenters. The smallest absolute Gasteiger partial charge is 0.187 e. The summed E-state index contributed by atoms with van der Waals surface area (Å²) in [5.74, 6) is 0.405. The minimum atomic E-state index is -1.57. The highest BCUT2D eigenvalue weighted by Gasteiger charge is 2.71. The van der Waals surface area contributed by atoms with E-state index >= 15 is 0 Å². The number of aldehydes is 1. The van der Waals surface area contributed by atoms with E-state index in [1.165, 1.54) is 6.29 Å². The Balaban J connectivity index is 1.58. The Kier molecular flexibility index (Phi) is 9.42. The molecule has 0 aromatic heterocycles. The van der Waals surface area contributed by atoms with E-state index in [-0.39, 0.29) is 22.7 Å². The first-order valence-corrected chi connectivity index (χ1v) is 17.1. The summed E-state index contributed by atoms with van der Waals surface area (Å²) in [5.41, 5.74) is -1.68. The standard InChI is InChI=1S/C36H58O9/c1-20(9-8-13-32(2,3)43)21-12-14-35(7)30-24(44-31-29(42)28(41)27(40)25(18-37)45-31)17-23-22(10-11-26(39)33(23,4)5)36(30,19-38)16-15-34(21,35)6/h8,13,17,19-22,24-31,37,39-43H,9-12,14-16,18H2,1-7H3/b13-8+. The fourth-order valence-corrected chi connectivity index (χ4v) is 10.7. The highest BCUT2D eigenvalue weighted by atomic mass is 16.7. The van der Waals surface area contributed by atoms with E-state index in [9.17, 15) is 35.4 Å². The van der Waals surface area contributed by atoms with Crippen molar-refractivity contribution in [2.45, 2.75) is 142 Å². The molecule has 45 heavy (non-hydrogen) atoms. The maximum Gasteiger partial charge on any atom is 0.187 e. The van der Waals surface area contributed by atoms with E-state index in [1.807, 2.05) is 19.9 Å². The van der Waals surface area contributed by atoms with Gasteiger partial charge >= 0.3 is 0 Å². The lowest BCUT2D eigenvalue weighted by Gasteiger charge is -2.66. The van der Waals surface area contributed by atoms with Crippen LogP contribution in [0.15, 0.2) is 23.8 Å². The van der Waals surface area contributed by atoms with E-state index in [0.29, 0.717) is 31.1 Å². The number of ether oxygens (including phenoxy) is 2. The summed E-state index contributed by atoms with van der Waals surface area (Å²) in [7, 11) is 0. The van der Waals surface area contributed by atoms with Crippen LogP contribution in [0.3, 0.4) is 0 Å². The first-order chi connectivity index (χ1) is 20.9. The molecule has 0 bridgehead atoms. The largest absolute Gasteiger partial charge is 0.394 e. The van der Waals surface area contributed by atoms with Crippen LogP contribution in [0.4, 0.5) is 0 Å². The van der Waals surface area contributed by atoms with Crippen LogP contribution in [0.25, 0.3) is 0 Å². The van der Waals surface area contributed by atoms with Gasteiger partial charge in [0, 0.05) is 16.7 Å². The molecule has 0 amide bonds. The molecule has 6 N–H and O–H groups in total. The molecule has 4 aliphatic carbocycles. The highest BCUT2D eigenvalue weighted by Crippen LogP contribution is 2.75. The molecule has 0 radical (unpaired) electrons. The predicted octanol–water partition coefficient (Wildman–Crippen LogP) is 3.28. The number of hydrogen-bond donors (Lipinski definition) is 6. The Bertz CT molecular complexity index is 1160. The average molecular weight is 635 g/mol. The van der Waals surface area contributed by atoms with E-state index in [0.717, 1.165) is 31.3 Å². The van der Waals surface area contributed by atoms with Crippen LogP contribution in [0, 0.1) is 45.3 Å². The van der Waals surface area contributed by atoms with Crippen LogP contribution in [-0.2, 0) is 14.3 Å². The number of aliphatic hydroxyl groups excluding tert-OH is 5. The van der Waals surface area contributed by atoms with Gasteiger partial charge in [-0.25, -0.2) is 0 Å². The summed E-state index contributed by atoms with van der Waals surface area (Å²) in [6, 6.07) is 0. The van der Waals surface area contributed by atoms with Crippen LogP contribution in [0.2, 0.25) is 0 Å². The van der Waals surface area contributed by atoms with Crippen molar-refractivity contribution in [2.24, 2.45) is 45.3 Å². The van der Waals surface area contributed by atoms with Crippen molar-refractivity contribution in [3.8, 4) is 0 Å². The molecule has 14 atom stereocenters. The van der Waals surface area contributed by atoms with Gasteiger partial charge in [-0.3, -0.25) is 0 Å². The Morgan fingerprint density at radius 3 is 2.31 bits per heavy atom. The van der Waals surface area contributed by atoms with Gasteiger partial charge < -0.3 is 44.9 Å². The van der Waals surface area contributed by atoms with Gasteiger partial charge in [0.25, 0.3) is 0 Å². The summed E-state index contributed by atoms with van der Waals surface area (Å²) in [5, 5.41) is 63.2. The second-order valence-electron chi connectivity index (χ2n) is 16.7. The molecule has 1 saturated heterocycles. The maximum atomic E-state index is 13.7. The highest BCUT2D eigenvalue weighted by molar-refractivity contribution is 5.65. The van der Waals surface area contributed by atoms with Crippen LogP contribution in [-0.4, -0.2) is 92.0 Å². The van der Waals surface area contributed by atoms with Crippen molar-refractivity contribution in [2.75, 3.05) is 6.61 Å². The lowest BCUT2D eigenvalue weighted by molar-refractivity contribution is -0.321. The Hall–Kier alpha value is -1.17. The number of carbonyl (C=O) groups excluding carboxylic acids is 1. The molecule has 9 heteroatoms. The summed E-state index contributed by atoms with van der Waals surface area (Å²) < 4.78 is 12.5. The summed E-state index contributed by atoms with van der Waals surface area (Å²) in [6.07, 6.45) is 4.43. The van der Waals surface area contributed by atoms with Gasteiger partial charge in [0.2, 0.25) is 0 Å². The Morgan fingerprint density at radius 2 is 1.69 bits per heavy atom. The molecular formula is C36H58O9. The van der Waals surface area contributed by atoms with Gasteiger partial charge in [0.1, 0.15) is 30.7 Å². The third kappa shape index (κ3) is 5.51. The lowest BCUT2D eigenvalue weighted by Crippen LogP contribution is -2.66. The summed E-state index contributed by atoms with van der Waals surface area (Å²) in [6.45, 7) is 14.0. The molecule has 256 valence electrons. The molecule has 3 saturated carbocycles. The predicted molar refractivity (Wildman–Crippen MR) is 169 cm³/mol. The van der Waals surface area contributed by atoms with E-state index in [1.54, 1.807) is 13.8 Å². The first kappa shape index (κ1) is 35.1. The summed E-state index contributed by atoms with van der Waals surface area (Å²) >= 11 is 0. The third-order valence-corrected chi connectivity index (χ3v) is 13.5. The monoisotopic (exact) mass is 634 g/mol. The van der Waals surface area contributed by atoms with Crippen LogP contribution >= 0.6 is 0 Å². The molecule has 0 aromatic carbocycles. The van der Waals surface area contributed by atoms with Gasteiger partial charge in [-0.1, -0.05) is 58.4 Å². The van der Waals surface area contributed by atoms with Crippen LogP contribution < -0.4 is 0 Å². The van der Waals surface area contributed by atoms with Gasteiger partial charge in [-0.05, 0) is 87.4 Å². The zero-order chi connectivity index (χ0) is 33.3. The van der Waals surface area contributed by atoms with E-state index in [2.05, 4.69) is 32.9 Å².